The number of anilines is 1. The molecule has 2 N–H and O–H groups in total. The number of hydrogen-bond donors (Lipinski definition) is 2. The predicted molar refractivity (Wildman–Crippen MR) is 94.9 cm³/mol. The summed E-state index contributed by atoms with van der Waals surface area (Å²) < 4.78 is 14.5. The van der Waals surface area contributed by atoms with Crippen molar-refractivity contribution in [1.29, 1.82) is 0 Å². The highest BCUT2D eigenvalue weighted by molar-refractivity contribution is 6.21. The highest BCUT2D eigenvalue weighted by Gasteiger charge is 2.44. The van der Waals surface area contributed by atoms with E-state index in [9.17, 15) is 23.9 Å². The Labute approximate surface area is 154 Å². The summed E-state index contributed by atoms with van der Waals surface area (Å²) in [6.45, 7) is -0.178. The van der Waals surface area contributed by atoms with Crippen molar-refractivity contribution in [3.8, 4) is 0 Å². The van der Waals surface area contributed by atoms with Crippen LogP contribution >= 0.6 is 0 Å². The molecule has 6 nitrogen and oxygen atoms in total. The van der Waals surface area contributed by atoms with Gasteiger partial charge in [0.2, 0.25) is 0 Å². The fourth-order valence-corrected chi connectivity index (χ4v) is 3.51. The molecule has 4 rings (SSSR count). The number of aliphatic carboxylic acids is 1. The van der Waals surface area contributed by atoms with E-state index in [1.165, 1.54) is 12.1 Å². The Bertz CT molecular complexity index is 933. The summed E-state index contributed by atoms with van der Waals surface area (Å²) in [5, 5.41) is 12.3. The lowest BCUT2D eigenvalue weighted by atomic mass is 9.76. The molecule has 1 heterocycles. The highest BCUT2D eigenvalue weighted by atomic mass is 19.1. The Morgan fingerprint density at radius 3 is 2.22 bits per heavy atom. The van der Waals surface area contributed by atoms with E-state index in [0.717, 1.165) is 11.3 Å². The molecule has 1 fully saturated rings. The van der Waals surface area contributed by atoms with E-state index in [1.807, 2.05) is 0 Å². The first-order valence-electron chi connectivity index (χ1n) is 8.66. The van der Waals surface area contributed by atoms with Gasteiger partial charge in [-0.3, -0.25) is 14.5 Å². The van der Waals surface area contributed by atoms with Crippen LogP contribution in [-0.4, -0.2) is 33.3 Å². The van der Waals surface area contributed by atoms with Gasteiger partial charge in [0, 0.05) is 11.3 Å². The number of benzene rings is 2. The first kappa shape index (κ1) is 17.2. The second-order valence-corrected chi connectivity index (χ2v) is 6.91. The fourth-order valence-electron chi connectivity index (χ4n) is 3.51. The summed E-state index contributed by atoms with van der Waals surface area (Å²) in [7, 11) is 0. The van der Waals surface area contributed by atoms with Crippen LogP contribution in [0.3, 0.4) is 0 Å². The molecule has 1 aliphatic carbocycles. The fraction of sp³-hybridized carbons (Fsp3) is 0.250. The van der Waals surface area contributed by atoms with E-state index in [0.29, 0.717) is 29.7 Å². The van der Waals surface area contributed by atoms with E-state index < -0.39 is 29.1 Å². The number of imide groups is 1. The summed E-state index contributed by atoms with van der Waals surface area (Å²) in [6.07, 6.45) is 1.78. The number of amides is 2. The van der Waals surface area contributed by atoms with Crippen molar-refractivity contribution >= 4 is 23.5 Å². The van der Waals surface area contributed by atoms with Crippen molar-refractivity contribution in [2.24, 2.45) is 0 Å². The van der Waals surface area contributed by atoms with Crippen LogP contribution in [0, 0.1) is 5.82 Å². The Morgan fingerprint density at radius 1 is 1.11 bits per heavy atom. The van der Waals surface area contributed by atoms with Crippen LogP contribution in [0.4, 0.5) is 10.1 Å². The molecule has 0 unspecified atom stereocenters. The second-order valence-electron chi connectivity index (χ2n) is 6.91. The molecular formula is C20H17FN2O4. The van der Waals surface area contributed by atoms with E-state index >= 15 is 0 Å². The molecule has 138 valence electrons. The van der Waals surface area contributed by atoms with Gasteiger partial charge in [-0.05, 0) is 43.5 Å². The zero-order chi connectivity index (χ0) is 19.2. The van der Waals surface area contributed by atoms with Gasteiger partial charge in [0.25, 0.3) is 11.8 Å². The molecule has 2 amide bonds. The minimum absolute atomic E-state index is 0.178. The standard InChI is InChI=1S/C20H17FN2O4/c21-16-10-13(22-20(19(26)27)8-3-9-20)7-6-12(16)11-23-17(24)14-4-1-2-5-15(14)18(23)25/h1-2,4-7,10,22H,3,8-9,11H2,(H,26,27). The number of hydrogen-bond acceptors (Lipinski definition) is 4. The first-order chi connectivity index (χ1) is 12.9. The van der Waals surface area contributed by atoms with Gasteiger partial charge in [-0.2, -0.15) is 0 Å². The molecule has 7 heteroatoms. The quantitative estimate of drug-likeness (QED) is 0.792. The zero-order valence-electron chi connectivity index (χ0n) is 14.4. The van der Waals surface area contributed by atoms with Crippen molar-refractivity contribution in [2.45, 2.75) is 31.3 Å². The number of carboxylic acids is 1. The average molecular weight is 368 g/mol. The molecule has 0 atom stereocenters. The maximum absolute atomic E-state index is 14.5. The molecule has 2 aliphatic rings. The minimum atomic E-state index is -1.05. The second kappa shape index (κ2) is 6.19. The van der Waals surface area contributed by atoms with Crippen LogP contribution in [0.15, 0.2) is 42.5 Å². The van der Waals surface area contributed by atoms with Gasteiger partial charge in [0.15, 0.2) is 0 Å². The van der Waals surface area contributed by atoms with Crippen molar-refractivity contribution in [3.63, 3.8) is 0 Å². The molecule has 0 saturated heterocycles. The number of nitrogens with zero attached hydrogens (tertiary/aromatic N) is 1. The largest absolute Gasteiger partial charge is 0.480 e. The van der Waals surface area contributed by atoms with Crippen molar-refractivity contribution < 1.29 is 23.9 Å². The molecule has 1 saturated carbocycles. The maximum Gasteiger partial charge on any atom is 0.329 e. The minimum Gasteiger partial charge on any atom is -0.480 e. The van der Waals surface area contributed by atoms with Gasteiger partial charge in [0.1, 0.15) is 11.4 Å². The first-order valence-corrected chi connectivity index (χ1v) is 8.66. The Balaban J connectivity index is 1.54. The molecule has 0 radical (unpaired) electrons. The van der Waals surface area contributed by atoms with Gasteiger partial charge >= 0.3 is 5.97 Å². The summed E-state index contributed by atoms with van der Waals surface area (Å²) in [5.74, 6) is -2.45. The van der Waals surface area contributed by atoms with E-state index in [-0.39, 0.29) is 12.1 Å². The van der Waals surface area contributed by atoms with Gasteiger partial charge in [-0.15, -0.1) is 0 Å². The Morgan fingerprint density at radius 2 is 1.74 bits per heavy atom. The smallest absolute Gasteiger partial charge is 0.329 e. The number of carbonyl (C=O) groups is 3. The molecule has 0 bridgehead atoms. The van der Waals surface area contributed by atoms with Crippen LogP contribution in [0.5, 0.6) is 0 Å². The average Bonchev–Trinajstić information content (AvgIpc) is 2.85. The van der Waals surface area contributed by atoms with Crippen molar-refractivity contribution in [2.75, 3.05) is 5.32 Å². The number of rotatable bonds is 5. The summed E-state index contributed by atoms with van der Waals surface area (Å²) >= 11 is 0. The van der Waals surface area contributed by atoms with Gasteiger partial charge in [0.05, 0.1) is 17.7 Å². The van der Waals surface area contributed by atoms with E-state index in [4.69, 9.17) is 0 Å². The number of carboxylic acid groups (broad SMARTS) is 1. The SMILES string of the molecule is O=C1c2ccccc2C(=O)N1Cc1ccc(NC2(C(=O)O)CCC2)cc1F. The third-order valence-electron chi connectivity index (χ3n) is 5.26. The number of fused-ring (bicyclic) bond motifs is 1. The van der Waals surface area contributed by atoms with Crippen LogP contribution in [0.1, 0.15) is 45.5 Å². The van der Waals surface area contributed by atoms with Gasteiger partial charge < -0.3 is 10.4 Å². The molecule has 27 heavy (non-hydrogen) atoms. The molecule has 2 aromatic carbocycles. The lowest BCUT2D eigenvalue weighted by Gasteiger charge is -2.39. The van der Waals surface area contributed by atoms with Crippen LogP contribution in [-0.2, 0) is 11.3 Å². The maximum atomic E-state index is 14.5. The predicted octanol–water partition coefficient (Wildman–Crippen LogP) is 3.04. The van der Waals surface area contributed by atoms with Crippen molar-refractivity contribution in [3.05, 3.63) is 65.0 Å². The third-order valence-corrected chi connectivity index (χ3v) is 5.26. The zero-order valence-corrected chi connectivity index (χ0v) is 14.4. The molecule has 1 aliphatic heterocycles. The van der Waals surface area contributed by atoms with Crippen molar-refractivity contribution in [1.82, 2.24) is 4.90 Å². The Kier molecular flexibility index (Phi) is 3.95. The molecule has 0 spiro atoms. The van der Waals surface area contributed by atoms with Gasteiger partial charge in [-0.1, -0.05) is 18.2 Å². The van der Waals surface area contributed by atoms with Gasteiger partial charge in [-0.25, -0.2) is 9.18 Å². The number of halogens is 1. The monoisotopic (exact) mass is 368 g/mol. The molecular weight excluding hydrogens is 351 g/mol. The topological polar surface area (TPSA) is 86.7 Å². The summed E-state index contributed by atoms with van der Waals surface area (Å²) in [6, 6.07) is 10.7. The van der Waals surface area contributed by atoms with Crippen LogP contribution < -0.4 is 5.32 Å². The normalized spacial score (nSPS) is 17.4. The summed E-state index contributed by atoms with van der Waals surface area (Å²) in [4.78, 5) is 37.3. The summed E-state index contributed by atoms with van der Waals surface area (Å²) in [5.41, 5.74) is 0.133. The number of nitrogens with one attached hydrogen (secondary N) is 1. The number of carbonyl (C=O) groups excluding carboxylic acids is 2. The molecule has 2 aromatic rings. The van der Waals surface area contributed by atoms with E-state index in [2.05, 4.69) is 5.32 Å². The highest BCUT2D eigenvalue weighted by Crippen LogP contribution is 2.36. The lowest BCUT2D eigenvalue weighted by molar-refractivity contribution is -0.145. The third kappa shape index (κ3) is 2.75. The van der Waals surface area contributed by atoms with E-state index in [1.54, 1.807) is 30.3 Å². The van der Waals surface area contributed by atoms with Crippen LogP contribution in [0.25, 0.3) is 0 Å². The molecule has 0 aromatic heterocycles. The lowest BCUT2D eigenvalue weighted by Crippen LogP contribution is -2.52. The van der Waals surface area contributed by atoms with Crippen LogP contribution in [0.2, 0.25) is 0 Å². The Hall–Kier alpha value is -3.22.